The van der Waals surface area contributed by atoms with E-state index in [1.165, 1.54) is 6.33 Å². The van der Waals surface area contributed by atoms with Gasteiger partial charge >= 0.3 is 0 Å². The Morgan fingerprint density at radius 1 is 1.21 bits per heavy atom. The van der Waals surface area contributed by atoms with Crippen LogP contribution in [0.25, 0.3) is 0 Å². The second-order valence-electron chi connectivity index (χ2n) is 5.93. The van der Waals surface area contributed by atoms with E-state index in [0.29, 0.717) is 24.8 Å². The summed E-state index contributed by atoms with van der Waals surface area (Å²) in [4.78, 5) is 15.8. The van der Waals surface area contributed by atoms with Crippen molar-refractivity contribution >= 4 is 5.91 Å². The van der Waals surface area contributed by atoms with Gasteiger partial charge in [-0.2, -0.15) is 5.10 Å². The van der Waals surface area contributed by atoms with Crippen LogP contribution < -0.4 is 5.32 Å². The van der Waals surface area contributed by atoms with Gasteiger partial charge in [0.25, 0.3) is 0 Å². The molecule has 0 aliphatic carbocycles. The summed E-state index contributed by atoms with van der Waals surface area (Å²) >= 11 is 0. The van der Waals surface area contributed by atoms with Crippen LogP contribution in [0.3, 0.4) is 0 Å². The van der Waals surface area contributed by atoms with Crippen LogP contribution >= 0.6 is 0 Å². The normalized spacial score (nSPS) is 11.5. The van der Waals surface area contributed by atoms with Crippen molar-refractivity contribution in [1.82, 2.24) is 20.1 Å². The van der Waals surface area contributed by atoms with Crippen molar-refractivity contribution in [3.63, 3.8) is 0 Å². The largest absolute Gasteiger partial charge is 0.353 e. The number of nitrogens with zero attached hydrogens (tertiary/aromatic N) is 3. The first kappa shape index (κ1) is 15.7. The van der Waals surface area contributed by atoms with Crippen LogP contribution in [-0.2, 0) is 11.3 Å². The Bertz CT molecular complexity index is 350. The molecule has 0 saturated heterocycles. The van der Waals surface area contributed by atoms with Crippen LogP contribution in [0.5, 0.6) is 0 Å². The molecule has 1 heterocycles. The summed E-state index contributed by atoms with van der Waals surface area (Å²) in [6.45, 7) is 9.34. The molecule has 19 heavy (non-hydrogen) atoms. The molecule has 1 N–H and O–H groups in total. The molecule has 5 heteroatoms. The Hall–Kier alpha value is -1.39. The Kier molecular flexibility index (Phi) is 6.53. The van der Waals surface area contributed by atoms with E-state index in [0.717, 1.165) is 12.8 Å². The molecule has 1 amide bonds. The van der Waals surface area contributed by atoms with Gasteiger partial charge in [0.15, 0.2) is 0 Å². The number of aryl methyl sites for hydroxylation is 1. The van der Waals surface area contributed by atoms with Crippen LogP contribution in [-0.4, -0.2) is 26.7 Å². The van der Waals surface area contributed by atoms with Gasteiger partial charge in [0.05, 0.1) is 6.54 Å². The molecule has 0 aliphatic rings. The highest BCUT2D eigenvalue weighted by molar-refractivity contribution is 5.76. The quantitative estimate of drug-likeness (QED) is 0.785. The van der Waals surface area contributed by atoms with E-state index in [1.54, 1.807) is 11.0 Å². The van der Waals surface area contributed by atoms with Crippen LogP contribution in [0, 0.1) is 11.8 Å². The van der Waals surface area contributed by atoms with E-state index in [-0.39, 0.29) is 11.9 Å². The van der Waals surface area contributed by atoms with Crippen molar-refractivity contribution in [2.24, 2.45) is 11.8 Å². The van der Waals surface area contributed by atoms with Crippen molar-refractivity contribution in [2.45, 2.75) is 59.5 Å². The molecule has 5 nitrogen and oxygen atoms in total. The lowest BCUT2D eigenvalue weighted by Gasteiger charge is -2.22. The number of carbonyl (C=O) groups excluding carboxylic acids is 1. The lowest BCUT2D eigenvalue weighted by Crippen LogP contribution is -2.37. The van der Waals surface area contributed by atoms with Gasteiger partial charge in [-0.3, -0.25) is 9.48 Å². The maximum atomic E-state index is 11.9. The fraction of sp³-hybridized carbons (Fsp3) is 0.786. The predicted octanol–water partition coefficient (Wildman–Crippen LogP) is 2.25. The van der Waals surface area contributed by atoms with E-state index in [2.05, 4.69) is 43.1 Å². The number of rotatable bonds is 8. The number of aromatic nitrogens is 3. The second kappa shape index (κ2) is 7.92. The molecule has 108 valence electrons. The van der Waals surface area contributed by atoms with Crippen molar-refractivity contribution < 1.29 is 4.79 Å². The number of amides is 1. The van der Waals surface area contributed by atoms with Crippen LogP contribution in [0.15, 0.2) is 12.7 Å². The second-order valence-corrected chi connectivity index (χ2v) is 5.93. The molecule has 0 aromatic carbocycles. The van der Waals surface area contributed by atoms with E-state index in [4.69, 9.17) is 0 Å². The van der Waals surface area contributed by atoms with Crippen molar-refractivity contribution in [3.8, 4) is 0 Å². The fourth-order valence-electron chi connectivity index (χ4n) is 2.22. The SMILES string of the molecule is CC(C)CC(CC(C)C)NC(=O)CCn1cncn1. The Morgan fingerprint density at radius 2 is 1.84 bits per heavy atom. The molecular weight excluding hydrogens is 240 g/mol. The average molecular weight is 266 g/mol. The molecule has 0 aliphatic heterocycles. The lowest BCUT2D eigenvalue weighted by atomic mass is 9.95. The summed E-state index contributed by atoms with van der Waals surface area (Å²) in [5, 5.41) is 7.13. The summed E-state index contributed by atoms with van der Waals surface area (Å²) in [7, 11) is 0. The lowest BCUT2D eigenvalue weighted by molar-refractivity contribution is -0.122. The van der Waals surface area contributed by atoms with E-state index in [1.807, 2.05) is 0 Å². The third-order valence-electron chi connectivity index (χ3n) is 2.91. The Morgan fingerprint density at radius 3 is 2.32 bits per heavy atom. The highest BCUT2D eigenvalue weighted by Gasteiger charge is 2.15. The molecule has 0 atom stereocenters. The molecule has 1 aromatic rings. The van der Waals surface area contributed by atoms with E-state index >= 15 is 0 Å². The fourth-order valence-corrected chi connectivity index (χ4v) is 2.22. The summed E-state index contributed by atoms with van der Waals surface area (Å²) in [5.74, 6) is 1.29. The number of hydrogen-bond acceptors (Lipinski definition) is 3. The zero-order chi connectivity index (χ0) is 14.3. The smallest absolute Gasteiger partial charge is 0.222 e. The van der Waals surface area contributed by atoms with Gasteiger partial charge in [-0.05, 0) is 24.7 Å². The van der Waals surface area contributed by atoms with E-state index in [9.17, 15) is 4.79 Å². The maximum absolute atomic E-state index is 11.9. The minimum atomic E-state index is 0.0989. The highest BCUT2D eigenvalue weighted by atomic mass is 16.1. The minimum absolute atomic E-state index is 0.0989. The summed E-state index contributed by atoms with van der Waals surface area (Å²) in [5.41, 5.74) is 0. The summed E-state index contributed by atoms with van der Waals surface area (Å²) in [6, 6.07) is 0.281. The predicted molar refractivity (Wildman–Crippen MR) is 75.5 cm³/mol. The van der Waals surface area contributed by atoms with Crippen molar-refractivity contribution in [2.75, 3.05) is 0 Å². The van der Waals surface area contributed by atoms with Crippen molar-refractivity contribution in [3.05, 3.63) is 12.7 Å². The van der Waals surface area contributed by atoms with Crippen LogP contribution in [0.2, 0.25) is 0 Å². The number of nitrogens with one attached hydrogen (secondary N) is 1. The Labute approximate surface area is 115 Å². The van der Waals surface area contributed by atoms with Crippen LogP contribution in [0.4, 0.5) is 0 Å². The monoisotopic (exact) mass is 266 g/mol. The average Bonchev–Trinajstić information content (AvgIpc) is 2.77. The van der Waals surface area contributed by atoms with Gasteiger partial charge in [-0.25, -0.2) is 4.98 Å². The molecule has 0 bridgehead atoms. The molecule has 1 aromatic heterocycles. The first-order valence-corrected chi connectivity index (χ1v) is 7.09. The summed E-state index contributed by atoms with van der Waals surface area (Å²) in [6.07, 6.45) is 5.64. The van der Waals surface area contributed by atoms with Gasteiger partial charge in [-0.15, -0.1) is 0 Å². The molecule has 0 spiro atoms. The van der Waals surface area contributed by atoms with E-state index < -0.39 is 0 Å². The first-order chi connectivity index (χ1) is 8.97. The third kappa shape index (κ3) is 6.94. The zero-order valence-electron chi connectivity index (χ0n) is 12.5. The van der Waals surface area contributed by atoms with Gasteiger partial charge in [0, 0.05) is 12.5 Å². The molecule has 1 rings (SSSR count). The molecule has 0 unspecified atom stereocenters. The molecular formula is C14H26N4O. The Balaban J connectivity index is 2.37. The third-order valence-corrected chi connectivity index (χ3v) is 2.91. The van der Waals surface area contributed by atoms with Gasteiger partial charge < -0.3 is 5.32 Å². The summed E-state index contributed by atoms with van der Waals surface area (Å²) < 4.78 is 1.68. The van der Waals surface area contributed by atoms with Gasteiger partial charge in [-0.1, -0.05) is 27.7 Å². The molecule has 0 radical (unpaired) electrons. The van der Waals surface area contributed by atoms with Gasteiger partial charge in [0.2, 0.25) is 5.91 Å². The molecule has 0 fully saturated rings. The molecule has 0 saturated carbocycles. The maximum Gasteiger partial charge on any atom is 0.222 e. The number of carbonyl (C=O) groups is 1. The van der Waals surface area contributed by atoms with Crippen molar-refractivity contribution in [1.29, 1.82) is 0 Å². The van der Waals surface area contributed by atoms with Gasteiger partial charge in [0.1, 0.15) is 12.7 Å². The first-order valence-electron chi connectivity index (χ1n) is 7.09. The zero-order valence-corrected chi connectivity index (χ0v) is 12.5. The topological polar surface area (TPSA) is 59.8 Å². The highest BCUT2D eigenvalue weighted by Crippen LogP contribution is 2.13. The minimum Gasteiger partial charge on any atom is -0.353 e. The van der Waals surface area contributed by atoms with Crippen LogP contribution in [0.1, 0.15) is 47.0 Å². The number of hydrogen-bond donors (Lipinski definition) is 1. The standard InChI is InChI=1S/C14H26N4O/c1-11(2)7-13(8-12(3)4)17-14(19)5-6-18-10-15-9-16-18/h9-13H,5-8H2,1-4H3,(H,17,19).